The normalized spacial score (nSPS) is 15.3. The number of aromatic nitrogens is 2. The second-order valence-corrected chi connectivity index (χ2v) is 9.94. The van der Waals surface area contributed by atoms with E-state index in [0.717, 1.165) is 16.8 Å². The number of H-pyrrole nitrogens is 1. The highest BCUT2D eigenvalue weighted by Gasteiger charge is 2.30. The van der Waals surface area contributed by atoms with E-state index in [2.05, 4.69) is 9.97 Å². The molecule has 1 fully saturated rings. The third-order valence-corrected chi connectivity index (χ3v) is 7.82. The summed E-state index contributed by atoms with van der Waals surface area (Å²) in [5.41, 5.74) is 1.68. The Balaban J connectivity index is 1.32. The molecule has 1 aliphatic heterocycles. The van der Waals surface area contributed by atoms with Crippen molar-refractivity contribution in [3.63, 3.8) is 0 Å². The molecule has 0 atom stereocenters. The Bertz CT molecular complexity index is 1160. The van der Waals surface area contributed by atoms with Gasteiger partial charge in [0, 0.05) is 32.2 Å². The van der Waals surface area contributed by atoms with Crippen LogP contribution >= 0.6 is 11.8 Å². The lowest BCUT2D eigenvalue weighted by molar-refractivity contribution is -0.129. The number of sulfonamides is 1. The summed E-state index contributed by atoms with van der Waals surface area (Å²) in [6.45, 7) is 3.86. The number of ether oxygens (including phenoxy) is 1. The van der Waals surface area contributed by atoms with Gasteiger partial charge in [0.1, 0.15) is 5.75 Å². The number of hydrogen-bond donors (Lipinski definition) is 1. The molecular formula is C21H24N4O4S2. The summed E-state index contributed by atoms with van der Waals surface area (Å²) in [5, 5.41) is 0.669. The van der Waals surface area contributed by atoms with E-state index < -0.39 is 10.0 Å². The Morgan fingerprint density at radius 3 is 2.58 bits per heavy atom. The smallest absolute Gasteiger partial charge is 0.243 e. The van der Waals surface area contributed by atoms with Crippen molar-refractivity contribution in [3.05, 3.63) is 48.5 Å². The Morgan fingerprint density at radius 2 is 1.87 bits per heavy atom. The van der Waals surface area contributed by atoms with Crippen LogP contribution in [0.1, 0.15) is 6.92 Å². The fraction of sp³-hybridized carbons (Fsp3) is 0.333. The van der Waals surface area contributed by atoms with Crippen LogP contribution in [0.25, 0.3) is 11.0 Å². The van der Waals surface area contributed by atoms with Gasteiger partial charge in [-0.15, -0.1) is 0 Å². The average Bonchev–Trinajstić information content (AvgIpc) is 3.20. The first-order valence-electron chi connectivity index (χ1n) is 10.1. The number of nitrogens with one attached hydrogen (secondary N) is 1. The molecule has 1 amide bonds. The molecule has 0 bridgehead atoms. The van der Waals surface area contributed by atoms with Crippen molar-refractivity contribution in [1.82, 2.24) is 19.2 Å². The number of aromatic amines is 1. The predicted octanol–water partition coefficient (Wildman–Crippen LogP) is 2.59. The standard InChI is InChI=1S/C21H24N4O4S2/c1-2-29-16-8-9-18-19(14-16)23-21(22-18)30-15-20(26)24-10-12-25(13-11-24)31(27,28)17-6-4-3-5-7-17/h3-9,14H,2,10-13,15H2,1H3,(H,22,23). The Labute approximate surface area is 185 Å². The van der Waals surface area contributed by atoms with E-state index in [0.29, 0.717) is 37.9 Å². The van der Waals surface area contributed by atoms with E-state index in [4.69, 9.17) is 4.74 Å². The highest BCUT2D eigenvalue weighted by molar-refractivity contribution is 7.99. The molecule has 31 heavy (non-hydrogen) atoms. The number of nitrogens with zero attached hydrogens (tertiary/aromatic N) is 3. The topological polar surface area (TPSA) is 95.6 Å². The first kappa shape index (κ1) is 21.7. The number of hydrogen-bond acceptors (Lipinski definition) is 6. The van der Waals surface area contributed by atoms with Gasteiger partial charge in [0.05, 0.1) is 28.3 Å². The van der Waals surface area contributed by atoms with Crippen molar-refractivity contribution < 1.29 is 17.9 Å². The Hall–Kier alpha value is -2.56. The molecule has 0 aliphatic carbocycles. The Morgan fingerprint density at radius 1 is 1.13 bits per heavy atom. The number of carbonyl (C=O) groups is 1. The fourth-order valence-corrected chi connectivity index (χ4v) is 5.66. The van der Waals surface area contributed by atoms with Gasteiger partial charge in [-0.3, -0.25) is 4.79 Å². The molecule has 0 radical (unpaired) electrons. The molecular weight excluding hydrogens is 436 g/mol. The molecule has 4 rings (SSSR count). The van der Waals surface area contributed by atoms with Gasteiger partial charge < -0.3 is 14.6 Å². The summed E-state index contributed by atoms with van der Waals surface area (Å²) in [6, 6.07) is 14.0. The first-order valence-corrected chi connectivity index (χ1v) is 12.5. The number of thioether (sulfide) groups is 1. The number of carbonyl (C=O) groups excluding carboxylic acids is 1. The monoisotopic (exact) mass is 460 g/mol. The summed E-state index contributed by atoms with van der Waals surface area (Å²) in [5.74, 6) is 0.982. The maximum absolute atomic E-state index is 12.7. The molecule has 1 aliphatic rings. The summed E-state index contributed by atoms with van der Waals surface area (Å²) in [4.78, 5) is 22.3. The zero-order valence-electron chi connectivity index (χ0n) is 17.2. The highest BCUT2D eigenvalue weighted by atomic mass is 32.2. The van der Waals surface area contributed by atoms with Gasteiger partial charge in [-0.05, 0) is 31.2 Å². The molecule has 2 aromatic carbocycles. The van der Waals surface area contributed by atoms with Gasteiger partial charge in [-0.2, -0.15) is 4.31 Å². The number of fused-ring (bicyclic) bond motifs is 1. The lowest BCUT2D eigenvalue weighted by Crippen LogP contribution is -2.50. The Kier molecular flexibility index (Phi) is 6.49. The van der Waals surface area contributed by atoms with Crippen molar-refractivity contribution in [1.29, 1.82) is 0 Å². The van der Waals surface area contributed by atoms with E-state index in [-0.39, 0.29) is 16.6 Å². The molecule has 0 spiro atoms. The average molecular weight is 461 g/mol. The van der Waals surface area contributed by atoms with Gasteiger partial charge >= 0.3 is 0 Å². The lowest BCUT2D eigenvalue weighted by atomic mass is 10.3. The van der Waals surface area contributed by atoms with E-state index in [1.54, 1.807) is 35.2 Å². The van der Waals surface area contributed by atoms with Crippen molar-refractivity contribution in [2.45, 2.75) is 17.0 Å². The maximum Gasteiger partial charge on any atom is 0.243 e. The molecule has 2 heterocycles. The third-order valence-electron chi connectivity index (χ3n) is 5.05. The molecule has 8 nitrogen and oxygen atoms in total. The second kappa shape index (κ2) is 9.29. The van der Waals surface area contributed by atoms with Gasteiger partial charge in [0.2, 0.25) is 15.9 Å². The summed E-state index contributed by atoms with van der Waals surface area (Å²) < 4.78 is 32.4. The number of rotatable bonds is 7. The van der Waals surface area contributed by atoms with Crippen LogP contribution in [0.15, 0.2) is 58.6 Å². The number of amides is 1. The van der Waals surface area contributed by atoms with E-state index in [1.807, 2.05) is 25.1 Å². The maximum atomic E-state index is 12.7. The minimum absolute atomic E-state index is 0.0304. The van der Waals surface area contributed by atoms with E-state index >= 15 is 0 Å². The van der Waals surface area contributed by atoms with Crippen molar-refractivity contribution in [3.8, 4) is 5.75 Å². The van der Waals surface area contributed by atoms with Crippen LogP contribution in [0.3, 0.4) is 0 Å². The van der Waals surface area contributed by atoms with Gasteiger partial charge in [0.15, 0.2) is 5.16 Å². The fourth-order valence-electron chi connectivity index (χ4n) is 3.43. The van der Waals surface area contributed by atoms with Crippen LogP contribution in [-0.2, 0) is 14.8 Å². The number of imidazole rings is 1. The van der Waals surface area contributed by atoms with Crippen molar-refractivity contribution in [2.75, 3.05) is 38.5 Å². The molecule has 1 saturated heterocycles. The largest absolute Gasteiger partial charge is 0.494 e. The molecule has 1 aromatic heterocycles. The zero-order valence-corrected chi connectivity index (χ0v) is 18.8. The summed E-state index contributed by atoms with van der Waals surface area (Å²) in [7, 11) is -3.52. The summed E-state index contributed by atoms with van der Waals surface area (Å²) in [6.07, 6.45) is 0. The van der Waals surface area contributed by atoms with Gasteiger partial charge in [0.25, 0.3) is 0 Å². The van der Waals surface area contributed by atoms with E-state index in [9.17, 15) is 13.2 Å². The molecule has 10 heteroatoms. The van der Waals surface area contributed by atoms with Crippen LogP contribution in [-0.4, -0.2) is 72.0 Å². The quantitative estimate of drug-likeness (QED) is 0.545. The summed E-state index contributed by atoms with van der Waals surface area (Å²) >= 11 is 1.34. The van der Waals surface area contributed by atoms with E-state index in [1.165, 1.54) is 16.1 Å². The zero-order chi connectivity index (χ0) is 21.8. The van der Waals surface area contributed by atoms with Crippen LogP contribution in [0.4, 0.5) is 0 Å². The molecule has 0 unspecified atom stereocenters. The molecule has 3 aromatic rings. The van der Waals surface area contributed by atoms with Gasteiger partial charge in [-0.1, -0.05) is 30.0 Å². The molecule has 1 N–H and O–H groups in total. The lowest BCUT2D eigenvalue weighted by Gasteiger charge is -2.34. The molecule has 164 valence electrons. The van der Waals surface area contributed by atoms with Crippen LogP contribution in [0.5, 0.6) is 5.75 Å². The predicted molar refractivity (Wildman–Crippen MR) is 120 cm³/mol. The van der Waals surface area contributed by atoms with Crippen LogP contribution in [0, 0.1) is 0 Å². The minimum atomic E-state index is -3.52. The van der Waals surface area contributed by atoms with Gasteiger partial charge in [-0.25, -0.2) is 13.4 Å². The van der Waals surface area contributed by atoms with Crippen LogP contribution < -0.4 is 4.74 Å². The molecule has 0 saturated carbocycles. The number of piperazine rings is 1. The SMILES string of the molecule is CCOc1ccc2nc(SCC(=O)N3CCN(S(=O)(=O)c4ccccc4)CC3)[nH]c2c1. The third kappa shape index (κ3) is 4.86. The van der Waals surface area contributed by atoms with Crippen molar-refractivity contribution >= 4 is 38.7 Å². The first-order chi connectivity index (χ1) is 15.0. The highest BCUT2D eigenvalue weighted by Crippen LogP contribution is 2.24. The second-order valence-electron chi connectivity index (χ2n) is 7.04. The van der Waals surface area contributed by atoms with Crippen LogP contribution in [0.2, 0.25) is 0 Å². The van der Waals surface area contributed by atoms with Crippen molar-refractivity contribution in [2.24, 2.45) is 0 Å². The minimum Gasteiger partial charge on any atom is -0.494 e. The number of benzene rings is 2.